The summed E-state index contributed by atoms with van der Waals surface area (Å²) < 4.78 is 6.08. The summed E-state index contributed by atoms with van der Waals surface area (Å²) >= 11 is 0. The van der Waals surface area contributed by atoms with Crippen molar-refractivity contribution in [3.63, 3.8) is 0 Å². The van der Waals surface area contributed by atoms with Crippen molar-refractivity contribution in [2.24, 2.45) is 0 Å². The molecule has 0 bridgehead atoms. The smallest absolute Gasteiger partial charge is 0.255 e. The third-order valence-corrected chi connectivity index (χ3v) is 6.22. The molecule has 1 aliphatic heterocycles. The quantitative estimate of drug-likeness (QED) is 0.669. The third kappa shape index (κ3) is 5.87. The SMILES string of the molecule is O=C(CCc1cccc(OC2CCCC2)c1)Nc1ccccc1C(=O)N1CCCCC1. The highest BCUT2D eigenvalue weighted by molar-refractivity contribution is 6.03. The minimum atomic E-state index is -0.0824. The van der Waals surface area contributed by atoms with Gasteiger partial charge in [-0.2, -0.15) is 0 Å². The first-order valence-corrected chi connectivity index (χ1v) is 11.6. The monoisotopic (exact) mass is 420 g/mol. The number of carbonyl (C=O) groups excluding carboxylic acids is 2. The Morgan fingerprint density at radius 3 is 2.52 bits per heavy atom. The van der Waals surface area contributed by atoms with Crippen LogP contribution in [-0.2, 0) is 11.2 Å². The van der Waals surface area contributed by atoms with E-state index in [-0.39, 0.29) is 11.8 Å². The summed E-state index contributed by atoms with van der Waals surface area (Å²) in [6.07, 6.45) is 9.33. The van der Waals surface area contributed by atoms with Crippen LogP contribution in [0.4, 0.5) is 5.69 Å². The molecule has 1 aliphatic carbocycles. The number of aryl methyl sites for hydroxylation is 1. The Kier molecular flexibility index (Phi) is 7.23. The number of piperidine rings is 1. The van der Waals surface area contributed by atoms with E-state index < -0.39 is 0 Å². The predicted octanol–water partition coefficient (Wildman–Crippen LogP) is 5.21. The van der Waals surface area contributed by atoms with Crippen molar-refractivity contribution in [2.45, 2.75) is 63.9 Å². The van der Waals surface area contributed by atoms with Crippen molar-refractivity contribution < 1.29 is 14.3 Å². The molecular weight excluding hydrogens is 388 g/mol. The molecule has 1 N–H and O–H groups in total. The maximum absolute atomic E-state index is 12.9. The van der Waals surface area contributed by atoms with Crippen molar-refractivity contribution in [1.29, 1.82) is 0 Å². The van der Waals surface area contributed by atoms with Gasteiger partial charge >= 0.3 is 0 Å². The van der Waals surface area contributed by atoms with E-state index in [2.05, 4.69) is 5.32 Å². The predicted molar refractivity (Wildman–Crippen MR) is 122 cm³/mol. The molecule has 0 unspecified atom stereocenters. The molecule has 2 aromatic rings. The lowest BCUT2D eigenvalue weighted by molar-refractivity contribution is -0.116. The van der Waals surface area contributed by atoms with Crippen molar-refractivity contribution >= 4 is 17.5 Å². The van der Waals surface area contributed by atoms with Gasteiger partial charge in [-0.3, -0.25) is 9.59 Å². The normalized spacial score (nSPS) is 16.8. The van der Waals surface area contributed by atoms with E-state index in [1.165, 1.54) is 19.3 Å². The Labute approximate surface area is 184 Å². The second-order valence-electron chi connectivity index (χ2n) is 8.62. The zero-order chi connectivity index (χ0) is 21.5. The summed E-state index contributed by atoms with van der Waals surface area (Å²) in [4.78, 5) is 27.4. The number of hydrogen-bond donors (Lipinski definition) is 1. The molecular formula is C26H32N2O3. The molecule has 1 saturated carbocycles. The van der Waals surface area contributed by atoms with Crippen molar-refractivity contribution in [1.82, 2.24) is 4.90 Å². The van der Waals surface area contributed by atoms with Crippen molar-refractivity contribution in [3.05, 3.63) is 59.7 Å². The molecule has 0 aromatic heterocycles. The summed E-state index contributed by atoms with van der Waals surface area (Å²) in [6, 6.07) is 15.4. The van der Waals surface area contributed by atoms with E-state index in [0.717, 1.165) is 50.1 Å². The van der Waals surface area contributed by atoms with Gasteiger partial charge in [0.15, 0.2) is 0 Å². The highest BCUT2D eigenvalue weighted by Gasteiger charge is 2.21. The fraction of sp³-hybridized carbons (Fsp3) is 0.462. The molecule has 4 rings (SSSR count). The first kappa shape index (κ1) is 21.4. The van der Waals surface area contributed by atoms with Gasteiger partial charge in [0.05, 0.1) is 17.4 Å². The first-order chi connectivity index (χ1) is 15.2. The molecule has 1 heterocycles. The van der Waals surface area contributed by atoms with Gasteiger partial charge < -0.3 is 15.0 Å². The Balaban J connectivity index is 1.33. The van der Waals surface area contributed by atoms with Gasteiger partial charge in [0.1, 0.15) is 5.75 Å². The second kappa shape index (κ2) is 10.5. The number of carbonyl (C=O) groups is 2. The maximum Gasteiger partial charge on any atom is 0.255 e. The molecule has 0 radical (unpaired) electrons. The van der Waals surface area contributed by atoms with Crippen LogP contribution in [0.2, 0.25) is 0 Å². The van der Waals surface area contributed by atoms with Crippen molar-refractivity contribution in [3.8, 4) is 5.75 Å². The number of amides is 2. The standard InChI is InChI=1S/C26H32N2O3/c29-25(16-15-20-9-8-12-22(19-20)31-21-10-2-3-11-21)27-24-14-5-4-13-23(24)26(30)28-17-6-1-7-18-28/h4-5,8-9,12-14,19,21H,1-3,6-7,10-11,15-18H2,(H,27,29). The number of nitrogens with zero attached hydrogens (tertiary/aromatic N) is 1. The van der Waals surface area contributed by atoms with Crippen LogP contribution in [0.1, 0.15) is 67.3 Å². The summed E-state index contributed by atoms with van der Waals surface area (Å²) in [5.41, 5.74) is 2.26. The molecule has 2 amide bonds. The minimum Gasteiger partial charge on any atom is -0.490 e. The van der Waals surface area contributed by atoms with E-state index in [1.807, 2.05) is 47.4 Å². The van der Waals surface area contributed by atoms with Crippen LogP contribution in [0, 0.1) is 0 Å². The van der Waals surface area contributed by atoms with E-state index in [0.29, 0.717) is 30.2 Å². The topological polar surface area (TPSA) is 58.6 Å². The van der Waals surface area contributed by atoms with Gasteiger partial charge in [-0.1, -0.05) is 24.3 Å². The molecule has 2 aromatic carbocycles. The average molecular weight is 421 g/mol. The van der Waals surface area contributed by atoms with Gasteiger partial charge in [0.2, 0.25) is 5.91 Å². The average Bonchev–Trinajstić information content (AvgIpc) is 3.31. The highest BCUT2D eigenvalue weighted by atomic mass is 16.5. The largest absolute Gasteiger partial charge is 0.490 e. The van der Waals surface area contributed by atoms with Crippen molar-refractivity contribution in [2.75, 3.05) is 18.4 Å². The summed E-state index contributed by atoms with van der Waals surface area (Å²) in [6.45, 7) is 1.58. The second-order valence-corrected chi connectivity index (χ2v) is 8.62. The molecule has 2 aliphatic rings. The van der Waals surface area contributed by atoms with Crippen LogP contribution >= 0.6 is 0 Å². The van der Waals surface area contributed by atoms with Crippen LogP contribution in [0.5, 0.6) is 5.75 Å². The number of anilines is 1. The number of ether oxygens (including phenoxy) is 1. The van der Waals surface area contributed by atoms with Crippen LogP contribution in [0.15, 0.2) is 48.5 Å². The van der Waals surface area contributed by atoms with E-state index in [9.17, 15) is 9.59 Å². The van der Waals surface area contributed by atoms with E-state index in [1.54, 1.807) is 6.07 Å². The summed E-state index contributed by atoms with van der Waals surface area (Å²) in [5, 5.41) is 2.96. The Morgan fingerprint density at radius 1 is 0.935 bits per heavy atom. The third-order valence-electron chi connectivity index (χ3n) is 6.22. The van der Waals surface area contributed by atoms with Gasteiger partial charge in [0.25, 0.3) is 5.91 Å². The lowest BCUT2D eigenvalue weighted by Crippen LogP contribution is -2.36. The maximum atomic E-state index is 12.9. The van der Waals surface area contributed by atoms with Crippen LogP contribution < -0.4 is 10.1 Å². The number of likely N-dealkylation sites (tertiary alicyclic amines) is 1. The molecule has 5 nitrogen and oxygen atoms in total. The van der Waals surface area contributed by atoms with Gasteiger partial charge in [-0.05, 0) is 81.2 Å². The van der Waals surface area contributed by atoms with Crippen LogP contribution in [0.3, 0.4) is 0 Å². The zero-order valence-electron chi connectivity index (χ0n) is 18.1. The van der Waals surface area contributed by atoms with Gasteiger partial charge in [0, 0.05) is 19.5 Å². The minimum absolute atomic E-state index is 0.00682. The Morgan fingerprint density at radius 2 is 1.71 bits per heavy atom. The molecule has 2 fully saturated rings. The summed E-state index contributed by atoms with van der Waals surface area (Å²) in [7, 11) is 0. The molecule has 164 valence electrons. The van der Waals surface area contributed by atoms with Gasteiger partial charge in [-0.15, -0.1) is 0 Å². The first-order valence-electron chi connectivity index (χ1n) is 11.6. The fourth-order valence-corrected chi connectivity index (χ4v) is 4.49. The van der Waals surface area contributed by atoms with E-state index >= 15 is 0 Å². The summed E-state index contributed by atoms with van der Waals surface area (Å²) in [5.74, 6) is 0.815. The molecule has 0 atom stereocenters. The number of hydrogen-bond acceptors (Lipinski definition) is 3. The fourth-order valence-electron chi connectivity index (χ4n) is 4.49. The lowest BCUT2D eigenvalue weighted by Gasteiger charge is -2.27. The van der Waals surface area contributed by atoms with Crippen LogP contribution in [0.25, 0.3) is 0 Å². The molecule has 31 heavy (non-hydrogen) atoms. The zero-order valence-corrected chi connectivity index (χ0v) is 18.1. The van der Waals surface area contributed by atoms with Crippen LogP contribution in [-0.4, -0.2) is 35.9 Å². The Bertz CT molecular complexity index is 899. The molecule has 0 spiro atoms. The number of nitrogens with one attached hydrogen (secondary N) is 1. The number of benzene rings is 2. The molecule has 5 heteroatoms. The number of para-hydroxylation sites is 1. The lowest BCUT2D eigenvalue weighted by atomic mass is 10.1. The molecule has 1 saturated heterocycles. The Hall–Kier alpha value is -2.82. The number of rotatable bonds is 7. The van der Waals surface area contributed by atoms with Gasteiger partial charge in [-0.25, -0.2) is 0 Å². The highest BCUT2D eigenvalue weighted by Crippen LogP contribution is 2.25. The van der Waals surface area contributed by atoms with E-state index in [4.69, 9.17) is 4.74 Å².